The molecule has 0 aliphatic rings. The van der Waals surface area contributed by atoms with Gasteiger partial charge in [0, 0.05) is 12.2 Å². The molecule has 0 heterocycles. The van der Waals surface area contributed by atoms with Crippen LogP contribution in [0.5, 0.6) is 0 Å². The Morgan fingerprint density at radius 3 is 2.62 bits per heavy atom. The van der Waals surface area contributed by atoms with Gasteiger partial charge in [-0.15, -0.1) is 0 Å². The molecule has 0 amide bonds. The average Bonchev–Trinajstić information content (AvgIpc) is 2.24. The summed E-state index contributed by atoms with van der Waals surface area (Å²) >= 11 is 0. The summed E-state index contributed by atoms with van der Waals surface area (Å²) < 4.78 is 0. The van der Waals surface area contributed by atoms with Crippen molar-refractivity contribution in [3.8, 4) is 0 Å². The lowest BCUT2D eigenvalue weighted by Crippen LogP contribution is -2.31. The van der Waals surface area contributed by atoms with Crippen molar-refractivity contribution < 1.29 is 9.90 Å². The highest BCUT2D eigenvalue weighted by Gasteiger charge is 2.11. The Labute approximate surface area is 96.7 Å². The van der Waals surface area contributed by atoms with Crippen molar-refractivity contribution in [3.05, 3.63) is 29.8 Å². The molecule has 1 aromatic carbocycles. The first-order chi connectivity index (χ1) is 7.65. The summed E-state index contributed by atoms with van der Waals surface area (Å²) in [5.41, 5.74) is 2.15. The fourth-order valence-electron chi connectivity index (χ4n) is 1.72. The van der Waals surface area contributed by atoms with Crippen molar-refractivity contribution in [2.75, 3.05) is 18.0 Å². The number of carboxylic acids is 1. The van der Waals surface area contributed by atoms with Crippen LogP contribution in [-0.4, -0.2) is 24.2 Å². The van der Waals surface area contributed by atoms with Gasteiger partial charge in [0.2, 0.25) is 0 Å². The largest absolute Gasteiger partial charge is 0.480 e. The zero-order valence-corrected chi connectivity index (χ0v) is 9.94. The molecule has 1 N–H and O–H groups in total. The first-order valence-corrected chi connectivity index (χ1v) is 5.67. The van der Waals surface area contributed by atoms with Crippen molar-refractivity contribution in [3.63, 3.8) is 0 Å². The van der Waals surface area contributed by atoms with E-state index in [2.05, 4.69) is 6.92 Å². The maximum atomic E-state index is 10.8. The van der Waals surface area contributed by atoms with Crippen LogP contribution in [-0.2, 0) is 4.79 Å². The molecule has 0 saturated carbocycles. The van der Waals surface area contributed by atoms with Crippen LogP contribution in [0.15, 0.2) is 24.3 Å². The Kier molecular flexibility index (Phi) is 4.83. The minimum Gasteiger partial charge on any atom is -0.480 e. The number of aliphatic carboxylic acids is 1. The Balaban J connectivity index is 2.82. The predicted molar refractivity (Wildman–Crippen MR) is 65.9 cm³/mol. The molecule has 0 aromatic heterocycles. The van der Waals surface area contributed by atoms with Crippen LogP contribution in [0.25, 0.3) is 0 Å². The van der Waals surface area contributed by atoms with Gasteiger partial charge in [0.05, 0.1) is 0 Å². The number of benzene rings is 1. The highest BCUT2D eigenvalue weighted by Crippen LogP contribution is 2.19. The summed E-state index contributed by atoms with van der Waals surface area (Å²) in [6, 6.07) is 7.91. The topological polar surface area (TPSA) is 40.5 Å². The van der Waals surface area contributed by atoms with Gasteiger partial charge in [-0.3, -0.25) is 4.79 Å². The van der Waals surface area contributed by atoms with Crippen LogP contribution >= 0.6 is 0 Å². The third kappa shape index (κ3) is 3.57. The number of para-hydroxylation sites is 1. The minimum atomic E-state index is -0.778. The quantitative estimate of drug-likeness (QED) is 0.803. The molecule has 1 aromatic rings. The molecule has 16 heavy (non-hydrogen) atoms. The van der Waals surface area contributed by atoms with E-state index >= 15 is 0 Å². The molecule has 3 nitrogen and oxygen atoms in total. The summed E-state index contributed by atoms with van der Waals surface area (Å²) in [4.78, 5) is 12.7. The van der Waals surface area contributed by atoms with Crippen LogP contribution in [0.1, 0.15) is 25.3 Å². The predicted octanol–water partition coefficient (Wildman–Crippen LogP) is 2.69. The molecule has 1 rings (SSSR count). The summed E-state index contributed by atoms with van der Waals surface area (Å²) in [7, 11) is 0. The van der Waals surface area contributed by atoms with Crippen molar-refractivity contribution in [1.29, 1.82) is 0 Å². The summed E-state index contributed by atoms with van der Waals surface area (Å²) in [5, 5.41) is 8.89. The lowest BCUT2D eigenvalue weighted by atomic mass is 10.1. The van der Waals surface area contributed by atoms with Gasteiger partial charge in [-0.2, -0.15) is 0 Å². The van der Waals surface area contributed by atoms with Gasteiger partial charge < -0.3 is 10.0 Å². The van der Waals surface area contributed by atoms with E-state index in [0.717, 1.165) is 30.6 Å². The molecular formula is C13H19NO2. The molecule has 0 unspecified atom stereocenters. The second kappa shape index (κ2) is 6.16. The van der Waals surface area contributed by atoms with Gasteiger partial charge in [0.25, 0.3) is 0 Å². The number of nitrogens with zero attached hydrogens (tertiary/aromatic N) is 1. The number of aryl methyl sites for hydroxylation is 1. The third-order valence-corrected chi connectivity index (χ3v) is 2.56. The average molecular weight is 221 g/mol. The fraction of sp³-hybridized carbons (Fsp3) is 0.462. The molecule has 0 saturated heterocycles. The molecule has 0 atom stereocenters. The Morgan fingerprint density at radius 1 is 1.38 bits per heavy atom. The van der Waals surface area contributed by atoms with Gasteiger partial charge in [-0.25, -0.2) is 0 Å². The van der Waals surface area contributed by atoms with E-state index in [1.165, 1.54) is 0 Å². The zero-order valence-electron chi connectivity index (χ0n) is 9.94. The monoisotopic (exact) mass is 221 g/mol. The van der Waals surface area contributed by atoms with E-state index < -0.39 is 5.97 Å². The molecule has 3 heteroatoms. The van der Waals surface area contributed by atoms with Crippen LogP contribution in [0, 0.1) is 6.92 Å². The van der Waals surface area contributed by atoms with E-state index in [0.29, 0.717) is 0 Å². The third-order valence-electron chi connectivity index (χ3n) is 2.56. The highest BCUT2D eigenvalue weighted by molar-refractivity contribution is 5.74. The number of rotatable bonds is 6. The standard InChI is InChI=1S/C13H19NO2/c1-3-4-9-14(10-13(15)16)12-8-6-5-7-11(12)2/h5-8H,3-4,9-10H2,1-2H3,(H,15,16). The molecule has 0 fully saturated rings. The van der Waals surface area contributed by atoms with Crippen molar-refractivity contribution in [1.82, 2.24) is 0 Å². The van der Waals surface area contributed by atoms with Gasteiger partial charge in [-0.1, -0.05) is 31.5 Å². The fourth-order valence-corrected chi connectivity index (χ4v) is 1.72. The molecule has 0 bridgehead atoms. The van der Waals surface area contributed by atoms with Crippen LogP contribution < -0.4 is 4.90 Å². The van der Waals surface area contributed by atoms with Gasteiger partial charge in [-0.05, 0) is 25.0 Å². The Hall–Kier alpha value is -1.51. The van der Waals surface area contributed by atoms with Gasteiger partial charge in [0.1, 0.15) is 6.54 Å². The SMILES string of the molecule is CCCCN(CC(=O)O)c1ccccc1C. The molecule has 88 valence electrons. The van der Waals surface area contributed by atoms with E-state index in [-0.39, 0.29) is 6.54 Å². The van der Waals surface area contributed by atoms with Crippen molar-refractivity contribution in [2.24, 2.45) is 0 Å². The zero-order chi connectivity index (χ0) is 12.0. The van der Waals surface area contributed by atoms with E-state index in [1.807, 2.05) is 36.1 Å². The second-order valence-corrected chi connectivity index (χ2v) is 3.96. The van der Waals surface area contributed by atoms with E-state index in [1.54, 1.807) is 0 Å². The summed E-state index contributed by atoms with van der Waals surface area (Å²) in [6.45, 7) is 4.99. The lowest BCUT2D eigenvalue weighted by molar-refractivity contribution is -0.135. The Morgan fingerprint density at radius 2 is 2.06 bits per heavy atom. The maximum absolute atomic E-state index is 10.8. The molecule has 0 radical (unpaired) electrons. The number of hydrogen-bond acceptors (Lipinski definition) is 2. The van der Waals surface area contributed by atoms with Crippen molar-refractivity contribution >= 4 is 11.7 Å². The minimum absolute atomic E-state index is 0.0743. The first-order valence-electron chi connectivity index (χ1n) is 5.67. The highest BCUT2D eigenvalue weighted by atomic mass is 16.4. The normalized spacial score (nSPS) is 10.1. The number of hydrogen-bond donors (Lipinski definition) is 1. The molecule has 0 aliphatic carbocycles. The number of unbranched alkanes of at least 4 members (excludes halogenated alkanes) is 1. The lowest BCUT2D eigenvalue weighted by Gasteiger charge is -2.24. The molecular weight excluding hydrogens is 202 g/mol. The van der Waals surface area contributed by atoms with Crippen LogP contribution in [0.3, 0.4) is 0 Å². The van der Waals surface area contributed by atoms with Gasteiger partial charge in [0.15, 0.2) is 0 Å². The second-order valence-electron chi connectivity index (χ2n) is 3.96. The van der Waals surface area contributed by atoms with E-state index in [9.17, 15) is 4.79 Å². The van der Waals surface area contributed by atoms with Crippen molar-refractivity contribution in [2.45, 2.75) is 26.7 Å². The number of carboxylic acid groups (broad SMARTS) is 1. The summed E-state index contributed by atoms with van der Waals surface area (Å²) in [5.74, 6) is -0.778. The van der Waals surface area contributed by atoms with Gasteiger partial charge >= 0.3 is 5.97 Å². The molecule has 0 aliphatic heterocycles. The van der Waals surface area contributed by atoms with Crippen LogP contribution in [0.2, 0.25) is 0 Å². The van der Waals surface area contributed by atoms with E-state index in [4.69, 9.17) is 5.11 Å². The molecule has 0 spiro atoms. The number of carbonyl (C=O) groups is 1. The van der Waals surface area contributed by atoms with Crippen LogP contribution in [0.4, 0.5) is 5.69 Å². The Bertz CT molecular complexity index is 350. The smallest absolute Gasteiger partial charge is 0.323 e. The first kappa shape index (κ1) is 12.6. The number of anilines is 1. The summed E-state index contributed by atoms with van der Waals surface area (Å²) in [6.07, 6.45) is 2.09. The maximum Gasteiger partial charge on any atom is 0.323 e.